The summed E-state index contributed by atoms with van der Waals surface area (Å²) >= 11 is 0. The molecular formula is C21H21FO2. The van der Waals surface area contributed by atoms with Crippen LogP contribution in [0.3, 0.4) is 0 Å². The molecule has 1 saturated heterocycles. The van der Waals surface area contributed by atoms with E-state index in [9.17, 15) is 4.39 Å². The van der Waals surface area contributed by atoms with Gasteiger partial charge in [0.25, 0.3) is 0 Å². The number of rotatable bonds is 3. The maximum absolute atomic E-state index is 13.0. The van der Waals surface area contributed by atoms with E-state index in [0.717, 1.165) is 42.7 Å². The third kappa shape index (κ3) is 4.44. The summed E-state index contributed by atoms with van der Waals surface area (Å²) in [6.45, 7) is 3.61. The zero-order valence-corrected chi connectivity index (χ0v) is 13.8. The first-order chi connectivity index (χ1) is 11.7. The summed E-state index contributed by atoms with van der Waals surface area (Å²) in [5, 5.41) is 0. The molecule has 1 aliphatic rings. The molecule has 0 atom stereocenters. The molecule has 0 unspecified atom stereocenters. The fourth-order valence-corrected chi connectivity index (χ4v) is 2.73. The molecule has 2 aromatic carbocycles. The van der Waals surface area contributed by atoms with Crippen molar-refractivity contribution in [1.82, 2.24) is 0 Å². The smallest absolute Gasteiger partial charge is 0.222 e. The van der Waals surface area contributed by atoms with Crippen molar-refractivity contribution < 1.29 is 13.9 Å². The van der Waals surface area contributed by atoms with Crippen molar-refractivity contribution in [3.05, 3.63) is 59.9 Å². The van der Waals surface area contributed by atoms with E-state index in [1.165, 1.54) is 12.1 Å². The molecule has 0 bridgehead atoms. The molecule has 1 aliphatic heterocycles. The van der Waals surface area contributed by atoms with E-state index >= 15 is 0 Å². The lowest BCUT2D eigenvalue weighted by atomic mass is 10.0. The average molecular weight is 324 g/mol. The van der Waals surface area contributed by atoms with Crippen LogP contribution in [0.4, 0.5) is 4.39 Å². The van der Waals surface area contributed by atoms with E-state index in [1.807, 2.05) is 24.3 Å². The van der Waals surface area contributed by atoms with Crippen molar-refractivity contribution in [2.45, 2.75) is 26.1 Å². The molecule has 1 fully saturated rings. The maximum Gasteiger partial charge on any atom is 0.222 e. The zero-order chi connectivity index (χ0) is 16.8. The highest BCUT2D eigenvalue weighted by Gasteiger charge is 2.19. The van der Waals surface area contributed by atoms with Gasteiger partial charge in [0.15, 0.2) is 0 Å². The van der Waals surface area contributed by atoms with E-state index in [-0.39, 0.29) is 5.82 Å². The second-order valence-electron chi connectivity index (χ2n) is 6.01. The molecule has 3 heteroatoms. The van der Waals surface area contributed by atoms with Gasteiger partial charge in [0.05, 0.1) is 13.2 Å². The molecule has 0 aromatic heterocycles. The Hall–Kier alpha value is -2.15. The number of hydrogen-bond donors (Lipinski definition) is 0. The largest absolute Gasteiger partial charge is 0.342 e. The van der Waals surface area contributed by atoms with Crippen LogP contribution in [0.2, 0.25) is 0 Å². The predicted octanol–water partition coefficient (Wildman–Crippen LogP) is 4.63. The van der Waals surface area contributed by atoms with Gasteiger partial charge in [-0.2, -0.15) is 0 Å². The summed E-state index contributed by atoms with van der Waals surface area (Å²) in [6, 6.07) is 14.3. The first-order valence-electron chi connectivity index (χ1n) is 8.35. The molecule has 0 N–H and O–H groups in total. The average Bonchev–Trinajstić information content (AvgIpc) is 2.63. The highest BCUT2D eigenvalue weighted by atomic mass is 19.1. The van der Waals surface area contributed by atoms with Crippen LogP contribution in [0, 0.1) is 23.6 Å². The van der Waals surface area contributed by atoms with Crippen molar-refractivity contribution in [3.63, 3.8) is 0 Å². The molecular weight excluding hydrogens is 303 g/mol. The molecule has 2 nitrogen and oxygen atoms in total. The monoisotopic (exact) mass is 324 g/mol. The lowest BCUT2D eigenvalue weighted by Gasteiger charge is -2.26. The summed E-state index contributed by atoms with van der Waals surface area (Å²) in [7, 11) is 0. The van der Waals surface area contributed by atoms with Gasteiger partial charge in [-0.15, -0.1) is 0 Å². The third-order valence-corrected chi connectivity index (χ3v) is 4.06. The summed E-state index contributed by atoms with van der Waals surface area (Å²) < 4.78 is 24.2. The van der Waals surface area contributed by atoms with Gasteiger partial charge in [0, 0.05) is 11.5 Å². The van der Waals surface area contributed by atoms with Gasteiger partial charge in [0.2, 0.25) is 6.29 Å². The number of halogens is 1. The lowest BCUT2D eigenvalue weighted by molar-refractivity contribution is -0.170. The minimum atomic E-state index is -0.435. The van der Waals surface area contributed by atoms with Gasteiger partial charge in [-0.05, 0) is 47.7 Å². The molecule has 3 rings (SSSR count). The van der Waals surface area contributed by atoms with Crippen LogP contribution in [-0.2, 0) is 9.47 Å². The Kier molecular flexibility index (Phi) is 5.63. The lowest BCUT2D eigenvalue weighted by Crippen LogP contribution is -2.31. The molecule has 24 heavy (non-hydrogen) atoms. The Morgan fingerprint density at radius 2 is 1.54 bits per heavy atom. The van der Waals surface area contributed by atoms with Gasteiger partial charge in [-0.1, -0.05) is 43.5 Å². The zero-order valence-electron chi connectivity index (χ0n) is 13.8. The van der Waals surface area contributed by atoms with Crippen LogP contribution >= 0.6 is 0 Å². The maximum atomic E-state index is 13.0. The summed E-state index contributed by atoms with van der Waals surface area (Å²) in [6.07, 6.45) is 1.84. The fourth-order valence-electron chi connectivity index (χ4n) is 2.73. The Morgan fingerprint density at radius 1 is 0.958 bits per heavy atom. The highest BCUT2D eigenvalue weighted by Crippen LogP contribution is 2.20. The van der Waals surface area contributed by atoms with E-state index in [0.29, 0.717) is 5.92 Å². The van der Waals surface area contributed by atoms with Crippen molar-refractivity contribution in [2.24, 2.45) is 5.92 Å². The predicted molar refractivity (Wildman–Crippen MR) is 92.8 cm³/mol. The molecule has 0 saturated carbocycles. The van der Waals surface area contributed by atoms with Crippen LogP contribution < -0.4 is 0 Å². The van der Waals surface area contributed by atoms with E-state index in [1.54, 1.807) is 12.1 Å². The van der Waals surface area contributed by atoms with Crippen LogP contribution in [0.15, 0.2) is 48.5 Å². The molecule has 0 spiro atoms. The van der Waals surface area contributed by atoms with Crippen molar-refractivity contribution in [1.29, 1.82) is 0 Å². The van der Waals surface area contributed by atoms with Crippen molar-refractivity contribution in [2.75, 3.05) is 13.2 Å². The van der Waals surface area contributed by atoms with Crippen LogP contribution in [0.25, 0.3) is 11.1 Å². The molecule has 2 aromatic rings. The normalized spacial score (nSPS) is 20.2. The van der Waals surface area contributed by atoms with Crippen molar-refractivity contribution >= 4 is 0 Å². The van der Waals surface area contributed by atoms with Gasteiger partial charge in [-0.25, -0.2) is 4.39 Å². The summed E-state index contributed by atoms with van der Waals surface area (Å²) in [5.41, 5.74) is 2.92. The van der Waals surface area contributed by atoms with Gasteiger partial charge in [0.1, 0.15) is 5.82 Å². The topological polar surface area (TPSA) is 18.5 Å². The summed E-state index contributed by atoms with van der Waals surface area (Å²) in [4.78, 5) is 0. The van der Waals surface area contributed by atoms with E-state index in [2.05, 4.69) is 18.8 Å². The number of benzene rings is 2. The third-order valence-electron chi connectivity index (χ3n) is 4.06. The molecule has 0 aliphatic carbocycles. The Balaban J connectivity index is 1.60. The fraction of sp³-hybridized carbons (Fsp3) is 0.333. The number of hydrogen-bond acceptors (Lipinski definition) is 2. The molecule has 124 valence electrons. The highest BCUT2D eigenvalue weighted by molar-refractivity contribution is 5.64. The van der Waals surface area contributed by atoms with Crippen LogP contribution in [-0.4, -0.2) is 19.5 Å². The van der Waals surface area contributed by atoms with Crippen LogP contribution in [0.1, 0.15) is 25.3 Å². The van der Waals surface area contributed by atoms with Gasteiger partial charge < -0.3 is 9.47 Å². The second kappa shape index (κ2) is 8.10. The Labute approximate surface area is 142 Å². The second-order valence-corrected chi connectivity index (χ2v) is 6.01. The molecule has 0 radical (unpaired) electrons. The first kappa shape index (κ1) is 16.7. The molecule has 0 amide bonds. The van der Waals surface area contributed by atoms with E-state index in [4.69, 9.17) is 9.47 Å². The standard InChI is InChI=1S/C21H21FO2/c1-2-3-17-14-23-21(24-15-17)13-6-16-4-7-18(8-5-16)19-9-11-20(22)12-10-19/h4-5,7-12,17,21H,2-3,14-15H2,1H3/t17-,21-. The summed E-state index contributed by atoms with van der Waals surface area (Å²) in [5.74, 6) is 6.37. The minimum Gasteiger partial charge on any atom is -0.342 e. The van der Waals surface area contributed by atoms with Gasteiger partial charge in [-0.3, -0.25) is 0 Å². The molecule has 1 heterocycles. The Morgan fingerprint density at radius 3 is 2.12 bits per heavy atom. The first-order valence-corrected chi connectivity index (χ1v) is 8.35. The minimum absolute atomic E-state index is 0.227. The SMILES string of the molecule is CCC[C@H]1CO[C@H](C#Cc2ccc(-c3ccc(F)cc3)cc2)OC1. The number of ether oxygens (including phenoxy) is 2. The van der Waals surface area contributed by atoms with Crippen LogP contribution in [0.5, 0.6) is 0 Å². The quantitative estimate of drug-likeness (QED) is 0.766. The Bertz CT molecular complexity index is 702. The van der Waals surface area contributed by atoms with Gasteiger partial charge >= 0.3 is 0 Å². The van der Waals surface area contributed by atoms with E-state index < -0.39 is 6.29 Å². The van der Waals surface area contributed by atoms with Crippen molar-refractivity contribution in [3.8, 4) is 23.0 Å².